The molecule has 2 aliphatic rings. The van der Waals surface area contributed by atoms with Crippen molar-refractivity contribution in [1.82, 2.24) is 25.1 Å². The monoisotopic (exact) mass is 592 g/mol. The summed E-state index contributed by atoms with van der Waals surface area (Å²) in [5.74, 6) is 2.62. The van der Waals surface area contributed by atoms with Crippen LogP contribution in [0, 0.1) is 32.1 Å². The molecule has 228 valence electrons. The lowest BCUT2D eigenvalue weighted by molar-refractivity contribution is -0.385. The van der Waals surface area contributed by atoms with E-state index in [9.17, 15) is 20.2 Å². The molecule has 0 atom stereocenters. The molecule has 2 aliphatic heterocycles. The topological polar surface area (TPSA) is 134 Å². The highest BCUT2D eigenvalue weighted by atomic mass is 35.5. The first-order valence-corrected chi connectivity index (χ1v) is 14.5. The van der Waals surface area contributed by atoms with Crippen molar-refractivity contribution in [2.75, 3.05) is 72.4 Å². The number of aromatic nitrogens is 2. The first kappa shape index (κ1) is 34.3. The van der Waals surface area contributed by atoms with Gasteiger partial charge in [-0.2, -0.15) is 0 Å². The predicted octanol–water partition coefficient (Wildman–Crippen LogP) is 4.74. The lowest BCUT2D eigenvalue weighted by Crippen LogP contribution is -2.35. The van der Waals surface area contributed by atoms with Gasteiger partial charge in [0.2, 0.25) is 0 Å². The summed E-state index contributed by atoms with van der Waals surface area (Å²) in [6.07, 6.45) is 10.2. The number of nitrogens with one attached hydrogen (secondary N) is 1. The summed E-state index contributed by atoms with van der Waals surface area (Å²) < 4.78 is 0. The molecule has 2 aromatic heterocycles. The van der Waals surface area contributed by atoms with Crippen LogP contribution < -0.4 is 10.2 Å². The van der Waals surface area contributed by atoms with Crippen molar-refractivity contribution in [3.63, 3.8) is 0 Å². The highest BCUT2D eigenvalue weighted by molar-refractivity contribution is 6.29. The molecule has 2 fully saturated rings. The second-order valence-corrected chi connectivity index (χ2v) is 11.4. The van der Waals surface area contributed by atoms with Gasteiger partial charge in [-0.3, -0.25) is 20.2 Å². The summed E-state index contributed by atoms with van der Waals surface area (Å²) in [7, 11) is 8.52. The van der Waals surface area contributed by atoms with E-state index >= 15 is 0 Å². The van der Waals surface area contributed by atoms with E-state index < -0.39 is 9.85 Å². The lowest BCUT2D eigenvalue weighted by atomic mass is 9.93. The minimum absolute atomic E-state index is 0.0506. The summed E-state index contributed by atoms with van der Waals surface area (Å²) in [5.41, 5.74) is -0.000908. The van der Waals surface area contributed by atoms with Gasteiger partial charge in [0.1, 0.15) is 23.4 Å². The van der Waals surface area contributed by atoms with Gasteiger partial charge in [0.15, 0.2) is 0 Å². The molecule has 0 spiro atoms. The van der Waals surface area contributed by atoms with Crippen molar-refractivity contribution >= 4 is 28.8 Å². The molecule has 0 amide bonds. The Hall–Kier alpha value is -2.93. The smallest absolute Gasteiger partial charge is 0.287 e. The van der Waals surface area contributed by atoms with Crippen molar-refractivity contribution in [1.29, 1.82) is 0 Å². The lowest BCUT2D eigenvalue weighted by Gasteiger charge is -2.33. The predicted molar refractivity (Wildman–Crippen MR) is 164 cm³/mol. The molecular weight excluding hydrogens is 548 g/mol. The maximum atomic E-state index is 10.6. The molecule has 0 aromatic carbocycles. The third kappa shape index (κ3) is 14.0. The number of piperidine rings is 2. The Morgan fingerprint density at radius 2 is 1.32 bits per heavy atom. The Morgan fingerprint density at radius 1 is 0.829 bits per heavy atom. The van der Waals surface area contributed by atoms with E-state index in [0.29, 0.717) is 0 Å². The Kier molecular flexibility index (Phi) is 15.5. The summed E-state index contributed by atoms with van der Waals surface area (Å²) >= 11 is 5.38. The second kappa shape index (κ2) is 18.5. The normalized spacial score (nSPS) is 16.0. The molecule has 2 saturated heterocycles. The molecule has 0 radical (unpaired) electrons. The highest BCUT2D eigenvalue weighted by Crippen LogP contribution is 2.25. The van der Waals surface area contributed by atoms with Gasteiger partial charge in [0.25, 0.3) is 11.4 Å². The number of pyridine rings is 2. The van der Waals surface area contributed by atoms with Crippen molar-refractivity contribution in [2.45, 2.75) is 38.5 Å². The Bertz CT molecular complexity index is 1030. The minimum atomic E-state index is -0.524. The van der Waals surface area contributed by atoms with Crippen molar-refractivity contribution in [3.05, 3.63) is 62.0 Å². The van der Waals surface area contributed by atoms with Crippen molar-refractivity contribution < 1.29 is 9.85 Å². The number of hydrogen-bond donors (Lipinski definition) is 1. The molecule has 0 aliphatic carbocycles. The van der Waals surface area contributed by atoms with Crippen molar-refractivity contribution in [2.24, 2.45) is 11.8 Å². The molecule has 0 saturated carbocycles. The van der Waals surface area contributed by atoms with Gasteiger partial charge in [-0.25, -0.2) is 9.97 Å². The molecular formula is C28H45ClN8O4. The van der Waals surface area contributed by atoms with Crippen LogP contribution in [0.4, 0.5) is 17.2 Å². The third-order valence-electron chi connectivity index (χ3n) is 7.23. The van der Waals surface area contributed by atoms with Gasteiger partial charge >= 0.3 is 0 Å². The molecule has 12 nitrogen and oxygen atoms in total. The first-order chi connectivity index (χ1) is 19.5. The average molecular weight is 593 g/mol. The number of hydrogen-bond acceptors (Lipinski definition) is 10. The van der Waals surface area contributed by atoms with E-state index in [2.05, 4.69) is 58.2 Å². The fourth-order valence-electron chi connectivity index (χ4n) is 4.65. The molecule has 0 unspecified atom stereocenters. The number of halogens is 1. The number of nitrogens with zero attached hydrogens (tertiary/aromatic N) is 7. The molecule has 4 rings (SSSR count). The number of nitro groups is 2. The number of rotatable bonds is 9. The summed E-state index contributed by atoms with van der Waals surface area (Å²) in [4.78, 5) is 34.2. The van der Waals surface area contributed by atoms with E-state index in [0.717, 1.165) is 43.5 Å². The van der Waals surface area contributed by atoms with E-state index in [1.54, 1.807) is 6.07 Å². The minimum Gasteiger partial charge on any atom is -0.357 e. The summed E-state index contributed by atoms with van der Waals surface area (Å²) in [5, 5.41) is 24.3. The van der Waals surface area contributed by atoms with Crippen LogP contribution in [0.15, 0.2) is 36.7 Å². The average Bonchev–Trinajstić information content (AvgIpc) is 2.97. The maximum Gasteiger partial charge on any atom is 0.287 e. The number of anilines is 1. The van der Waals surface area contributed by atoms with E-state index in [1.165, 1.54) is 82.6 Å². The van der Waals surface area contributed by atoms with Crippen LogP contribution in [-0.4, -0.2) is 97.1 Å². The summed E-state index contributed by atoms with van der Waals surface area (Å²) in [6.45, 7) is 6.84. The Morgan fingerprint density at radius 3 is 1.73 bits per heavy atom. The van der Waals surface area contributed by atoms with Crippen LogP contribution in [0.2, 0.25) is 5.15 Å². The van der Waals surface area contributed by atoms with Gasteiger partial charge in [0, 0.05) is 25.2 Å². The van der Waals surface area contributed by atoms with Gasteiger partial charge < -0.3 is 20.0 Å². The van der Waals surface area contributed by atoms with Crippen molar-refractivity contribution in [3.8, 4) is 0 Å². The van der Waals surface area contributed by atoms with Crippen LogP contribution in [-0.2, 0) is 0 Å². The van der Waals surface area contributed by atoms with E-state index in [1.807, 2.05) is 0 Å². The fraction of sp³-hybridized carbons (Fsp3) is 0.643. The summed E-state index contributed by atoms with van der Waals surface area (Å²) in [6, 6.07) is 5.95. The van der Waals surface area contributed by atoms with Gasteiger partial charge in [-0.15, -0.1) is 0 Å². The first-order valence-electron chi connectivity index (χ1n) is 14.2. The van der Waals surface area contributed by atoms with Gasteiger partial charge in [0.05, 0.1) is 9.85 Å². The SMILES string of the molecule is CN(C)CCC1CCN(c2ccc([N+](=O)[O-])cn2)CC1.CN(C)CCC1CCNCC1.O=[N+]([O-])c1ccc(Cl)nc1. The molecule has 13 heteroatoms. The van der Waals surface area contributed by atoms with Crippen LogP contribution in [0.1, 0.15) is 38.5 Å². The van der Waals surface area contributed by atoms with Crippen LogP contribution in [0.25, 0.3) is 0 Å². The molecule has 1 N–H and O–H groups in total. The zero-order chi connectivity index (χ0) is 30.2. The van der Waals surface area contributed by atoms with E-state index in [-0.39, 0.29) is 16.5 Å². The molecule has 41 heavy (non-hydrogen) atoms. The maximum absolute atomic E-state index is 10.6. The van der Waals surface area contributed by atoms with Crippen LogP contribution in [0.5, 0.6) is 0 Å². The Labute approximate surface area is 248 Å². The van der Waals surface area contributed by atoms with Gasteiger partial charge in [-0.1, -0.05) is 11.6 Å². The molecule has 0 bridgehead atoms. The largest absolute Gasteiger partial charge is 0.357 e. The quantitative estimate of drug-likeness (QED) is 0.247. The van der Waals surface area contributed by atoms with Gasteiger partial charge in [-0.05, 0) is 117 Å². The molecule has 4 heterocycles. The zero-order valence-electron chi connectivity index (χ0n) is 24.7. The molecule has 2 aromatic rings. The zero-order valence-corrected chi connectivity index (χ0v) is 25.5. The third-order valence-corrected chi connectivity index (χ3v) is 7.46. The second-order valence-electron chi connectivity index (χ2n) is 11.0. The highest BCUT2D eigenvalue weighted by Gasteiger charge is 2.20. The Balaban J connectivity index is 0.000000236. The standard InChI is InChI=1S/C14H22N4O2.C9H20N2.C5H3ClN2O2/c1-16(2)8-5-12-6-9-17(10-7-12)14-4-3-13(11-15-14)18(19)20;1-11(2)8-5-9-3-6-10-7-4-9;6-5-2-1-4(3-7-5)8(9)10/h3-4,11-12H,5-10H2,1-2H3;9-10H,3-8H2,1-2H3;1-3H. The van der Waals surface area contributed by atoms with Crippen LogP contribution in [0.3, 0.4) is 0 Å². The van der Waals surface area contributed by atoms with E-state index in [4.69, 9.17) is 11.6 Å². The van der Waals surface area contributed by atoms with Crippen LogP contribution >= 0.6 is 11.6 Å². The fourth-order valence-corrected chi connectivity index (χ4v) is 4.76.